The van der Waals surface area contributed by atoms with Crippen molar-refractivity contribution in [3.63, 3.8) is 0 Å². The summed E-state index contributed by atoms with van der Waals surface area (Å²) >= 11 is 0. The normalized spacial score (nSPS) is 9.50. The van der Waals surface area contributed by atoms with Crippen molar-refractivity contribution in [3.8, 4) is 0 Å². The maximum atomic E-state index is 10.5. The van der Waals surface area contributed by atoms with Gasteiger partial charge < -0.3 is 10.5 Å². The molecule has 0 radical (unpaired) electrons. The Balaban J connectivity index is 0. The molecule has 0 aromatic carbocycles. The number of primary amides is 1. The van der Waals surface area contributed by atoms with Gasteiger partial charge in [-0.3, -0.25) is 4.79 Å². The highest BCUT2D eigenvalue weighted by Gasteiger charge is 2.18. The van der Waals surface area contributed by atoms with Crippen LogP contribution in [-0.2, 0) is 14.3 Å². The average Bonchev–Trinajstić information content (AvgIpc) is 2.16. The summed E-state index contributed by atoms with van der Waals surface area (Å²) in [4.78, 5) is 20.5. The number of hydrogen-bond acceptors (Lipinski definition) is 3. The molecule has 0 aromatic heterocycles. The van der Waals surface area contributed by atoms with Crippen LogP contribution < -0.4 is 5.73 Å². The maximum absolute atomic E-state index is 10.5. The van der Waals surface area contributed by atoms with Crippen LogP contribution in [0.25, 0.3) is 0 Å². The molecule has 4 nitrogen and oxygen atoms in total. The number of nitrogens with two attached hydrogens (primary N) is 1. The van der Waals surface area contributed by atoms with Crippen LogP contribution in [-0.4, -0.2) is 18.5 Å². The quantitative estimate of drug-likeness (QED) is 0.590. The van der Waals surface area contributed by atoms with E-state index >= 15 is 0 Å². The first kappa shape index (κ1) is 16.8. The van der Waals surface area contributed by atoms with E-state index in [4.69, 9.17) is 5.73 Å². The topological polar surface area (TPSA) is 69.4 Å². The molecule has 0 heterocycles. The molecule has 0 aliphatic carbocycles. The summed E-state index contributed by atoms with van der Waals surface area (Å²) in [6.07, 6.45) is 1.14. The Labute approximate surface area is 97.2 Å². The fourth-order valence-corrected chi connectivity index (χ4v) is 0.571. The van der Waals surface area contributed by atoms with Crippen LogP contribution in [0.4, 0.5) is 0 Å². The molecule has 0 atom stereocenters. The van der Waals surface area contributed by atoms with Crippen molar-refractivity contribution >= 4 is 11.9 Å². The van der Waals surface area contributed by atoms with E-state index in [2.05, 4.69) is 17.9 Å². The number of esters is 1. The lowest BCUT2D eigenvalue weighted by atomic mass is 9.87. The van der Waals surface area contributed by atoms with Gasteiger partial charge in [0.2, 0.25) is 5.91 Å². The third-order valence-electron chi connectivity index (χ3n) is 1.66. The van der Waals surface area contributed by atoms with Crippen molar-refractivity contribution in [2.24, 2.45) is 11.1 Å². The lowest BCUT2D eigenvalue weighted by Gasteiger charge is -2.17. The monoisotopic (exact) mass is 227 g/mol. The van der Waals surface area contributed by atoms with Crippen molar-refractivity contribution in [1.82, 2.24) is 0 Å². The molecule has 1 amide bonds. The first-order chi connectivity index (χ1) is 7.16. The van der Waals surface area contributed by atoms with Crippen LogP contribution in [0.1, 0.15) is 27.7 Å². The molecule has 0 aliphatic rings. The molecule has 0 unspecified atom stereocenters. The number of carbonyl (C=O) groups excluding carboxylic acids is 2. The van der Waals surface area contributed by atoms with Crippen molar-refractivity contribution < 1.29 is 14.3 Å². The van der Waals surface area contributed by atoms with Crippen LogP contribution in [0.15, 0.2) is 24.8 Å². The van der Waals surface area contributed by atoms with E-state index in [0.717, 1.165) is 6.08 Å². The van der Waals surface area contributed by atoms with Gasteiger partial charge in [-0.15, -0.1) is 0 Å². The summed E-state index contributed by atoms with van der Waals surface area (Å²) < 4.78 is 4.43. The van der Waals surface area contributed by atoms with E-state index < -0.39 is 5.91 Å². The summed E-state index contributed by atoms with van der Waals surface area (Å²) in [6, 6.07) is 0. The molecular weight excluding hydrogens is 206 g/mol. The molecule has 0 saturated carbocycles. The lowest BCUT2D eigenvalue weighted by molar-refractivity contribution is -0.137. The molecule has 0 spiro atoms. The van der Waals surface area contributed by atoms with Gasteiger partial charge in [-0.05, 0) is 12.3 Å². The summed E-state index contributed by atoms with van der Waals surface area (Å²) in [5.41, 5.74) is 5.27. The highest BCUT2D eigenvalue weighted by molar-refractivity contribution is 5.92. The van der Waals surface area contributed by atoms with E-state index in [0.29, 0.717) is 12.2 Å². The molecule has 16 heavy (non-hydrogen) atoms. The Bertz CT molecular complexity index is 274. The zero-order valence-electron chi connectivity index (χ0n) is 10.5. The van der Waals surface area contributed by atoms with Gasteiger partial charge in [-0.25, -0.2) is 4.79 Å². The largest absolute Gasteiger partial charge is 0.463 e. The fourth-order valence-electron chi connectivity index (χ4n) is 0.571. The molecule has 0 saturated heterocycles. The molecule has 0 fully saturated rings. The van der Waals surface area contributed by atoms with Gasteiger partial charge in [-0.2, -0.15) is 0 Å². The highest BCUT2D eigenvalue weighted by Crippen LogP contribution is 2.22. The molecule has 0 aliphatic heterocycles. The molecule has 0 aromatic rings. The molecule has 0 rings (SSSR count). The smallest absolute Gasteiger partial charge is 0.330 e. The van der Waals surface area contributed by atoms with Gasteiger partial charge in [0, 0.05) is 11.6 Å². The van der Waals surface area contributed by atoms with Crippen molar-refractivity contribution in [1.29, 1.82) is 0 Å². The Morgan fingerprint density at radius 3 is 1.88 bits per heavy atom. The Kier molecular flexibility index (Phi) is 8.08. The highest BCUT2D eigenvalue weighted by atomic mass is 16.5. The molecular formula is C12H21NO3. The molecule has 92 valence electrons. The predicted molar refractivity (Wildman–Crippen MR) is 64.6 cm³/mol. The minimum atomic E-state index is -0.414. The van der Waals surface area contributed by atoms with E-state index in [9.17, 15) is 9.59 Å². The number of ether oxygens (including phenoxy) is 1. The first-order valence-electron chi connectivity index (χ1n) is 4.95. The minimum absolute atomic E-state index is 0.189. The lowest BCUT2D eigenvalue weighted by Crippen LogP contribution is -2.23. The zero-order chi connectivity index (χ0) is 13.4. The Morgan fingerprint density at radius 1 is 1.38 bits per heavy atom. The summed E-state index contributed by atoms with van der Waals surface area (Å²) in [5, 5.41) is 0. The third kappa shape index (κ3) is 8.99. The van der Waals surface area contributed by atoms with E-state index in [1.165, 1.54) is 0 Å². The number of carbonyl (C=O) groups is 2. The number of rotatable bonds is 3. The van der Waals surface area contributed by atoms with Gasteiger partial charge in [0.25, 0.3) is 0 Å². The van der Waals surface area contributed by atoms with E-state index in [1.54, 1.807) is 6.92 Å². The van der Waals surface area contributed by atoms with Crippen molar-refractivity contribution in [2.45, 2.75) is 27.7 Å². The van der Waals surface area contributed by atoms with Gasteiger partial charge in [0.1, 0.15) is 0 Å². The fraction of sp³-hybridized carbons (Fsp3) is 0.500. The van der Waals surface area contributed by atoms with Crippen molar-refractivity contribution in [2.75, 3.05) is 6.61 Å². The standard InChI is InChI=1S/C7H13NO.C5H8O2/c1-5(6(8)9)7(2,3)4;1-3-5(6)7-4-2/h1H2,2-4H3,(H2,8,9);3H,1,4H2,2H3. The van der Waals surface area contributed by atoms with E-state index in [1.807, 2.05) is 20.8 Å². The first-order valence-corrected chi connectivity index (χ1v) is 4.95. The second-order valence-corrected chi connectivity index (χ2v) is 4.05. The predicted octanol–water partition coefficient (Wildman–Crippen LogP) is 1.81. The van der Waals surface area contributed by atoms with Gasteiger partial charge in [0.15, 0.2) is 0 Å². The Morgan fingerprint density at radius 2 is 1.81 bits per heavy atom. The second-order valence-electron chi connectivity index (χ2n) is 4.05. The van der Waals surface area contributed by atoms with E-state index in [-0.39, 0.29) is 11.4 Å². The molecule has 0 bridgehead atoms. The zero-order valence-corrected chi connectivity index (χ0v) is 10.5. The summed E-state index contributed by atoms with van der Waals surface area (Å²) in [5.74, 6) is -0.773. The minimum Gasteiger partial charge on any atom is -0.463 e. The van der Waals surface area contributed by atoms with Crippen LogP contribution >= 0.6 is 0 Å². The molecule has 2 N–H and O–H groups in total. The van der Waals surface area contributed by atoms with Crippen LogP contribution in [0.2, 0.25) is 0 Å². The number of amides is 1. The maximum Gasteiger partial charge on any atom is 0.330 e. The van der Waals surface area contributed by atoms with Gasteiger partial charge in [-0.1, -0.05) is 33.9 Å². The number of hydrogen-bond donors (Lipinski definition) is 1. The van der Waals surface area contributed by atoms with Crippen molar-refractivity contribution in [3.05, 3.63) is 24.8 Å². The van der Waals surface area contributed by atoms with Gasteiger partial charge >= 0.3 is 5.97 Å². The van der Waals surface area contributed by atoms with Gasteiger partial charge in [0.05, 0.1) is 6.61 Å². The third-order valence-corrected chi connectivity index (χ3v) is 1.66. The van der Waals surface area contributed by atoms with Crippen LogP contribution in [0, 0.1) is 5.41 Å². The Hall–Kier alpha value is -1.58. The average molecular weight is 227 g/mol. The summed E-state index contributed by atoms with van der Waals surface area (Å²) in [7, 11) is 0. The summed E-state index contributed by atoms with van der Waals surface area (Å²) in [6.45, 7) is 14.6. The van der Waals surface area contributed by atoms with Crippen LogP contribution in [0.3, 0.4) is 0 Å². The second kappa shape index (κ2) is 7.68. The van der Waals surface area contributed by atoms with Crippen LogP contribution in [0.5, 0.6) is 0 Å². The SMILES string of the molecule is C=C(C(N)=O)C(C)(C)C.C=CC(=O)OCC. The molecule has 4 heteroatoms.